The zero-order valence-corrected chi connectivity index (χ0v) is 15.7. The molecule has 1 saturated carbocycles. The third kappa shape index (κ3) is 3.33. The largest absolute Gasteiger partial charge is 0.481 e. The number of ether oxygens (including phenoxy) is 1. The maximum atomic E-state index is 13.5. The molecule has 0 aliphatic heterocycles. The fourth-order valence-electron chi connectivity index (χ4n) is 3.83. The second kappa shape index (κ2) is 7.24. The van der Waals surface area contributed by atoms with Gasteiger partial charge in [-0.3, -0.25) is 4.79 Å². The standard InChI is InChI=1S/C21H22FN3O3/c1-25-17-5-4-15(22)7-13(17)10-18(25)21(27)24-20(14-8-16(26)9-14)12-3-6-19(28-2)23-11-12/h3-7,10-11,14,16,20,26H,8-9H2,1-2H3,(H,24,27)/t14?,16?,20-/m0/s1. The summed E-state index contributed by atoms with van der Waals surface area (Å²) in [5.41, 5.74) is 2.09. The van der Waals surface area contributed by atoms with Crippen LogP contribution in [0, 0.1) is 11.7 Å². The molecular formula is C21H22FN3O3. The van der Waals surface area contributed by atoms with Gasteiger partial charge in [0.1, 0.15) is 11.5 Å². The van der Waals surface area contributed by atoms with Gasteiger partial charge in [0.25, 0.3) is 5.91 Å². The summed E-state index contributed by atoms with van der Waals surface area (Å²) in [6, 6.07) is 9.50. The first-order valence-electron chi connectivity index (χ1n) is 9.20. The van der Waals surface area contributed by atoms with Crippen LogP contribution < -0.4 is 10.1 Å². The van der Waals surface area contributed by atoms with Gasteiger partial charge in [-0.1, -0.05) is 6.07 Å². The maximum absolute atomic E-state index is 13.5. The number of carbonyl (C=O) groups excluding carboxylic acids is 1. The summed E-state index contributed by atoms with van der Waals surface area (Å²) in [7, 11) is 3.33. The quantitative estimate of drug-likeness (QED) is 0.710. The maximum Gasteiger partial charge on any atom is 0.268 e. The lowest BCUT2D eigenvalue weighted by molar-refractivity contribution is 0.0233. The summed E-state index contributed by atoms with van der Waals surface area (Å²) in [5.74, 6) is 0.0384. The van der Waals surface area contributed by atoms with Crippen LogP contribution in [-0.4, -0.2) is 33.8 Å². The highest BCUT2D eigenvalue weighted by Crippen LogP contribution is 2.38. The van der Waals surface area contributed by atoms with Crippen LogP contribution in [0.1, 0.15) is 34.9 Å². The van der Waals surface area contributed by atoms with Crippen LogP contribution in [0.3, 0.4) is 0 Å². The monoisotopic (exact) mass is 383 g/mol. The number of hydrogen-bond donors (Lipinski definition) is 2. The third-order valence-electron chi connectivity index (χ3n) is 5.47. The van der Waals surface area contributed by atoms with Crippen LogP contribution in [0.25, 0.3) is 10.9 Å². The lowest BCUT2D eigenvalue weighted by atomic mass is 9.75. The van der Waals surface area contributed by atoms with Gasteiger partial charge >= 0.3 is 0 Å². The molecule has 1 aliphatic rings. The molecule has 146 valence electrons. The number of methoxy groups -OCH3 is 1. The van der Waals surface area contributed by atoms with E-state index in [0.717, 1.165) is 11.1 Å². The summed E-state index contributed by atoms with van der Waals surface area (Å²) >= 11 is 0. The van der Waals surface area contributed by atoms with Gasteiger partial charge in [-0.15, -0.1) is 0 Å². The number of amides is 1. The molecule has 1 atom stereocenters. The van der Waals surface area contributed by atoms with Crippen molar-refractivity contribution < 1.29 is 19.0 Å². The van der Waals surface area contributed by atoms with Gasteiger partial charge < -0.3 is 19.7 Å². The number of hydrogen-bond acceptors (Lipinski definition) is 4. The molecular weight excluding hydrogens is 361 g/mol. The van der Waals surface area contributed by atoms with Gasteiger partial charge in [0, 0.05) is 30.2 Å². The first-order chi connectivity index (χ1) is 13.5. The van der Waals surface area contributed by atoms with E-state index in [9.17, 15) is 14.3 Å². The van der Waals surface area contributed by atoms with E-state index in [0.29, 0.717) is 29.8 Å². The fraction of sp³-hybridized carbons (Fsp3) is 0.333. The van der Waals surface area contributed by atoms with Crippen LogP contribution in [-0.2, 0) is 7.05 Å². The Morgan fingerprint density at radius 2 is 2.11 bits per heavy atom. The summed E-state index contributed by atoms with van der Waals surface area (Å²) in [6.45, 7) is 0. The van der Waals surface area contributed by atoms with E-state index in [1.165, 1.54) is 12.1 Å². The molecule has 6 nitrogen and oxygen atoms in total. The molecule has 0 saturated heterocycles. The topological polar surface area (TPSA) is 76.4 Å². The van der Waals surface area contributed by atoms with Gasteiger partial charge in [0.15, 0.2) is 0 Å². The van der Waals surface area contributed by atoms with E-state index in [1.54, 1.807) is 43.1 Å². The average Bonchev–Trinajstić information content (AvgIpc) is 2.99. The smallest absolute Gasteiger partial charge is 0.268 e. The molecule has 0 spiro atoms. The van der Waals surface area contributed by atoms with E-state index in [4.69, 9.17) is 4.74 Å². The number of aliphatic hydroxyl groups excluding tert-OH is 1. The first kappa shape index (κ1) is 18.4. The molecule has 3 aromatic rings. The highest BCUT2D eigenvalue weighted by atomic mass is 19.1. The molecule has 1 fully saturated rings. The Bertz CT molecular complexity index is 1010. The van der Waals surface area contributed by atoms with Crippen LogP contribution in [0.2, 0.25) is 0 Å². The predicted octanol–water partition coefficient (Wildman–Crippen LogP) is 2.96. The number of nitrogens with zero attached hydrogens (tertiary/aromatic N) is 2. The Balaban J connectivity index is 1.62. The number of carbonyl (C=O) groups is 1. The van der Waals surface area contributed by atoms with Crippen molar-refractivity contribution in [3.63, 3.8) is 0 Å². The van der Waals surface area contributed by atoms with Crippen molar-refractivity contribution in [3.05, 3.63) is 59.7 Å². The second-order valence-corrected chi connectivity index (χ2v) is 7.26. The Kier molecular flexibility index (Phi) is 4.77. The van der Waals surface area contributed by atoms with Crippen LogP contribution in [0.15, 0.2) is 42.6 Å². The lowest BCUT2D eigenvalue weighted by Crippen LogP contribution is -2.41. The van der Waals surface area contributed by atoms with E-state index in [1.807, 2.05) is 6.07 Å². The van der Waals surface area contributed by atoms with Gasteiger partial charge in [-0.25, -0.2) is 9.37 Å². The average molecular weight is 383 g/mol. The van der Waals surface area contributed by atoms with Crippen molar-refractivity contribution in [1.29, 1.82) is 0 Å². The summed E-state index contributed by atoms with van der Waals surface area (Å²) in [6.07, 6.45) is 2.59. The number of benzene rings is 1. The zero-order chi connectivity index (χ0) is 19.8. The van der Waals surface area contributed by atoms with Crippen LogP contribution >= 0.6 is 0 Å². The molecule has 4 rings (SSSR count). The minimum atomic E-state index is -0.337. The van der Waals surface area contributed by atoms with Gasteiger partial charge in [0.05, 0.1) is 19.3 Å². The molecule has 2 aromatic heterocycles. The number of aromatic nitrogens is 2. The summed E-state index contributed by atoms with van der Waals surface area (Å²) in [4.78, 5) is 17.3. The number of rotatable bonds is 5. The number of aryl methyl sites for hydroxylation is 1. The fourth-order valence-corrected chi connectivity index (χ4v) is 3.83. The molecule has 7 heteroatoms. The third-order valence-corrected chi connectivity index (χ3v) is 5.47. The van der Waals surface area contributed by atoms with Crippen molar-refractivity contribution in [3.8, 4) is 5.88 Å². The summed E-state index contributed by atoms with van der Waals surface area (Å²) in [5, 5.41) is 13.5. The first-order valence-corrected chi connectivity index (χ1v) is 9.20. The number of aliphatic hydroxyl groups is 1. The lowest BCUT2D eigenvalue weighted by Gasteiger charge is -2.38. The van der Waals surface area contributed by atoms with E-state index in [2.05, 4.69) is 10.3 Å². The van der Waals surface area contributed by atoms with Gasteiger partial charge in [-0.2, -0.15) is 0 Å². The molecule has 0 unspecified atom stereocenters. The van der Waals surface area contributed by atoms with Crippen molar-refractivity contribution in [2.24, 2.45) is 13.0 Å². The molecule has 1 amide bonds. The minimum Gasteiger partial charge on any atom is -0.481 e. The second-order valence-electron chi connectivity index (χ2n) is 7.26. The Morgan fingerprint density at radius 3 is 2.75 bits per heavy atom. The Hall–Kier alpha value is -2.93. The highest BCUT2D eigenvalue weighted by Gasteiger charge is 2.36. The Labute approximate surface area is 162 Å². The predicted molar refractivity (Wildman–Crippen MR) is 103 cm³/mol. The molecule has 0 radical (unpaired) electrons. The molecule has 2 heterocycles. The van der Waals surface area contributed by atoms with Crippen molar-refractivity contribution in [2.45, 2.75) is 25.0 Å². The van der Waals surface area contributed by atoms with E-state index in [-0.39, 0.29) is 29.8 Å². The van der Waals surface area contributed by atoms with Crippen LogP contribution in [0.4, 0.5) is 4.39 Å². The molecule has 1 aromatic carbocycles. The number of halogens is 1. The van der Waals surface area contributed by atoms with Crippen LogP contribution in [0.5, 0.6) is 5.88 Å². The van der Waals surface area contributed by atoms with Crippen molar-refractivity contribution >= 4 is 16.8 Å². The number of fused-ring (bicyclic) bond motifs is 1. The SMILES string of the molecule is COc1ccc([C@H](NC(=O)c2cc3cc(F)ccc3n2C)C2CC(O)C2)cn1. The van der Waals surface area contributed by atoms with Crippen molar-refractivity contribution in [1.82, 2.24) is 14.9 Å². The number of pyridine rings is 1. The van der Waals surface area contributed by atoms with Gasteiger partial charge in [0.2, 0.25) is 5.88 Å². The highest BCUT2D eigenvalue weighted by molar-refractivity contribution is 5.98. The molecule has 28 heavy (non-hydrogen) atoms. The van der Waals surface area contributed by atoms with Crippen molar-refractivity contribution in [2.75, 3.05) is 7.11 Å². The van der Waals surface area contributed by atoms with Gasteiger partial charge in [-0.05, 0) is 48.6 Å². The molecule has 1 aliphatic carbocycles. The molecule has 0 bridgehead atoms. The number of nitrogens with one attached hydrogen (secondary N) is 1. The normalized spacial score (nSPS) is 19.9. The zero-order valence-electron chi connectivity index (χ0n) is 15.7. The Morgan fingerprint density at radius 1 is 1.32 bits per heavy atom. The summed E-state index contributed by atoms with van der Waals surface area (Å²) < 4.78 is 20.4. The van der Waals surface area contributed by atoms with E-state index >= 15 is 0 Å². The minimum absolute atomic E-state index is 0.126. The molecule has 2 N–H and O–H groups in total. The van der Waals surface area contributed by atoms with E-state index < -0.39 is 0 Å².